The van der Waals surface area contributed by atoms with Crippen LogP contribution < -0.4 is 5.73 Å². The fraction of sp³-hybridized carbons (Fsp3) is 0.667. The Balaban J connectivity index is -0.000000180. The first-order valence-electron chi connectivity index (χ1n) is 1.77. The Bertz CT molecular complexity index is 82.2. The van der Waals surface area contributed by atoms with Crippen LogP contribution in [0.1, 0.15) is 0 Å². The SMILES string of the molecule is N[C@@H](CS)C(=O)O.[K].[K]. The molecule has 9 heavy (non-hydrogen) atoms. The number of carboxylic acid groups (broad SMARTS) is 1. The third kappa shape index (κ3) is 11.1. The van der Waals surface area contributed by atoms with E-state index in [0.717, 1.165) is 0 Å². The molecule has 0 saturated heterocycles. The van der Waals surface area contributed by atoms with Crippen molar-refractivity contribution in [2.75, 3.05) is 5.75 Å². The standard InChI is InChI=1S/C3H7NO2S.2K/c4-2(1-7)3(5)6;;/h2,7H,1,4H2,(H,5,6);;/t2-;;/m0../s1. The maximum atomic E-state index is 9.76. The van der Waals surface area contributed by atoms with Crippen molar-refractivity contribution in [1.82, 2.24) is 0 Å². The molecule has 0 amide bonds. The zero-order valence-electron chi connectivity index (χ0n) is 5.66. The van der Waals surface area contributed by atoms with Crippen molar-refractivity contribution in [2.24, 2.45) is 5.73 Å². The Kier molecular flexibility index (Phi) is 22.1. The van der Waals surface area contributed by atoms with Gasteiger partial charge in [-0.15, -0.1) is 0 Å². The van der Waals surface area contributed by atoms with Crippen LogP contribution in [-0.4, -0.2) is 126 Å². The predicted molar refractivity (Wildman–Crippen MR) is 41.0 cm³/mol. The maximum Gasteiger partial charge on any atom is 0.321 e. The van der Waals surface area contributed by atoms with Gasteiger partial charge in [0.15, 0.2) is 0 Å². The van der Waals surface area contributed by atoms with Gasteiger partial charge in [-0.3, -0.25) is 4.79 Å². The maximum absolute atomic E-state index is 9.76. The second-order valence-electron chi connectivity index (χ2n) is 1.13. The van der Waals surface area contributed by atoms with Crippen LogP contribution in [0.15, 0.2) is 0 Å². The molecule has 0 unspecified atom stereocenters. The van der Waals surface area contributed by atoms with E-state index in [1.165, 1.54) is 0 Å². The smallest absolute Gasteiger partial charge is 0.321 e. The first-order chi connectivity index (χ1) is 3.18. The Morgan fingerprint density at radius 2 is 2.00 bits per heavy atom. The molecule has 3 N–H and O–H groups in total. The summed E-state index contributed by atoms with van der Waals surface area (Å²) in [7, 11) is 0. The molecule has 2 radical (unpaired) electrons. The van der Waals surface area contributed by atoms with E-state index >= 15 is 0 Å². The summed E-state index contributed by atoms with van der Waals surface area (Å²) in [5.41, 5.74) is 4.94. The molecule has 0 heterocycles. The molecule has 0 aromatic carbocycles. The number of hydrogen-bond acceptors (Lipinski definition) is 3. The van der Waals surface area contributed by atoms with E-state index in [1.54, 1.807) is 0 Å². The number of thiol groups is 1. The minimum Gasteiger partial charge on any atom is -0.480 e. The van der Waals surface area contributed by atoms with Crippen molar-refractivity contribution in [2.45, 2.75) is 6.04 Å². The average molecular weight is 199 g/mol. The zero-order chi connectivity index (χ0) is 5.86. The molecule has 0 saturated carbocycles. The van der Waals surface area contributed by atoms with Crippen LogP contribution in [0.3, 0.4) is 0 Å². The number of carboxylic acids is 1. The van der Waals surface area contributed by atoms with Gasteiger partial charge in [0.2, 0.25) is 0 Å². The quantitative estimate of drug-likeness (QED) is 0.377. The van der Waals surface area contributed by atoms with Gasteiger partial charge in [-0.05, 0) is 0 Å². The molecular formula is C3H7K2NO2S. The fourth-order valence-corrected chi connectivity index (χ4v) is 0.234. The molecule has 6 heteroatoms. The minimum absolute atomic E-state index is 0. The molecule has 44 valence electrons. The molecule has 1 atom stereocenters. The van der Waals surface area contributed by atoms with Gasteiger partial charge in [0.1, 0.15) is 6.04 Å². The monoisotopic (exact) mass is 199 g/mol. The molecule has 0 bridgehead atoms. The Labute approximate surface area is 145 Å². The summed E-state index contributed by atoms with van der Waals surface area (Å²) in [5, 5.41) is 8.01. The molecule has 0 aromatic heterocycles. The third-order valence-electron chi connectivity index (χ3n) is 0.514. The summed E-state index contributed by atoms with van der Waals surface area (Å²) in [6.45, 7) is 0. The number of carbonyl (C=O) groups is 1. The van der Waals surface area contributed by atoms with Gasteiger partial charge in [0.25, 0.3) is 0 Å². The second-order valence-corrected chi connectivity index (χ2v) is 1.49. The van der Waals surface area contributed by atoms with E-state index in [-0.39, 0.29) is 109 Å². The fourth-order valence-electron chi connectivity index (χ4n) is 0.0781. The van der Waals surface area contributed by atoms with Gasteiger partial charge < -0.3 is 10.8 Å². The van der Waals surface area contributed by atoms with E-state index < -0.39 is 12.0 Å². The largest absolute Gasteiger partial charge is 0.480 e. The van der Waals surface area contributed by atoms with Crippen molar-refractivity contribution >= 4 is 121 Å². The molecule has 3 nitrogen and oxygen atoms in total. The predicted octanol–water partition coefficient (Wildman–Crippen LogP) is -1.43. The van der Waals surface area contributed by atoms with Crippen LogP contribution in [0, 0.1) is 0 Å². The molecule has 0 aromatic rings. The van der Waals surface area contributed by atoms with E-state index in [0.29, 0.717) is 0 Å². The van der Waals surface area contributed by atoms with Gasteiger partial charge in [-0.25, -0.2) is 0 Å². The summed E-state index contributed by atoms with van der Waals surface area (Å²) >= 11 is 3.65. The summed E-state index contributed by atoms with van der Waals surface area (Å²) in [6.07, 6.45) is 0. The van der Waals surface area contributed by atoms with E-state index in [1.807, 2.05) is 0 Å². The first kappa shape index (κ1) is 18.0. The van der Waals surface area contributed by atoms with Crippen LogP contribution in [0.25, 0.3) is 0 Å². The molecule has 0 spiro atoms. The summed E-state index contributed by atoms with van der Waals surface area (Å²) in [5.74, 6) is -0.815. The third-order valence-corrected chi connectivity index (χ3v) is 0.907. The van der Waals surface area contributed by atoms with Crippen molar-refractivity contribution in [3.05, 3.63) is 0 Å². The van der Waals surface area contributed by atoms with Gasteiger partial charge in [0, 0.05) is 109 Å². The zero-order valence-corrected chi connectivity index (χ0v) is 12.8. The van der Waals surface area contributed by atoms with Crippen LogP contribution >= 0.6 is 12.6 Å². The first-order valence-corrected chi connectivity index (χ1v) is 2.41. The Morgan fingerprint density at radius 3 is 2.00 bits per heavy atom. The molecule has 0 aliphatic carbocycles. The topological polar surface area (TPSA) is 63.3 Å². The van der Waals surface area contributed by atoms with Crippen molar-refractivity contribution in [3.8, 4) is 0 Å². The van der Waals surface area contributed by atoms with Gasteiger partial charge in [-0.1, -0.05) is 0 Å². The van der Waals surface area contributed by atoms with Crippen molar-refractivity contribution < 1.29 is 9.90 Å². The van der Waals surface area contributed by atoms with Crippen molar-refractivity contribution in [3.63, 3.8) is 0 Å². The Hall–Kier alpha value is 3.05. The van der Waals surface area contributed by atoms with E-state index in [4.69, 9.17) is 10.8 Å². The van der Waals surface area contributed by atoms with Crippen LogP contribution in [-0.2, 0) is 4.79 Å². The summed E-state index contributed by atoms with van der Waals surface area (Å²) < 4.78 is 0. The van der Waals surface area contributed by atoms with Gasteiger partial charge in [0.05, 0.1) is 0 Å². The molecule has 0 fully saturated rings. The van der Waals surface area contributed by atoms with Crippen molar-refractivity contribution in [1.29, 1.82) is 0 Å². The van der Waals surface area contributed by atoms with Gasteiger partial charge in [-0.2, -0.15) is 12.6 Å². The number of rotatable bonds is 2. The summed E-state index contributed by atoms with van der Waals surface area (Å²) in [6, 6.07) is -0.816. The number of aliphatic carboxylic acids is 1. The summed E-state index contributed by atoms with van der Waals surface area (Å²) in [4.78, 5) is 9.76. The van der Waals surface area contributed by atoms with Crippen LogP contribution in [0.5, 0.6) is 0 Å². The molecular weight excluding hydrogens is 192 g/mol. The second kappa shape index (κ2) is 11.1. The van der Waals surface area contributed by atoms with Crippen LogP contribution in [0.4, 0.5) is 0 Å². The minimum atomic E-state index is -1.00. The average Bonchev–Trinajstić information content (AvgIpc) is 1.65. The van der Waals surface area contributed by atoms with Gasteiger partial charge >= 0.3 is 5.97 Å². The van der Waals surface area contributed by atoms with Crippen LogP contribution in [0.2, 0.25) is 0 Å². The number of hydrogen-bond donors (Lipinski definition) is 3. The number of nitrogens with two attached hydrogens (primary N) is 1. The van der Waals surface area contributed by atoms with E-state index in [9.17, 15) is 4.79 Å². The molecule has 0 aliphatic rings. The molecule has 0 aliphatic heterocycles. The Morgan fingerprint density at radius 1 is 1.67 bits per heavy atom. The van der Waals surface area contributed by atoms with E-state index in [2.05, 4.69) is 12.6 Å². The molecule has 0 rings (SSSR count). The normalized spacial score (nSPS) is 10.4.